The number of H-pyrrole nitrogens is 1. The Morgan fingerprint density at radius 3 is 2.67 bits per heavy atom. The number of imidazole rings is 1. The molecule has 0 bridgehead atoms. The maximum atomic E-state index is 12.9. The van der Waals surface area contributed by atoms with Crippen LogP contribution in [0.15, 0.2) is 47.4 Å². The van der Waals surface area contributed by atoms with Crippen molar-refractivity contribution in [3.05, 3.63) is 53.9 Å². The zero-order valence-corrected chi connectivity index (χ0v) is 18.8. The maximum absolute atomic E-state index is 12.9. The maximum Gasteiger partial charge on any atom is 0.416 e. The summed E-state index contributed by atoms with van der Waals surface area (Å²) in [5.41, 5.74) is 0.942. The van der Waals surface area contributed by atoms with Gasteiger partial charge in [-0.05, 0) is 42.7 Å². The first-order valence-corrected chi connectivity index (χ1v) is 11.4. The van der Waals surface area contributed by atoms with Gasteiger partial charge in [-0.25, -0.2) is 4.98 Å². The standard InChI is InChI=1S/C23H23F3N4O2S/c1-12(2)9-17(21-28-14-5-3-4-6-15(14)29-21)27-20(31)11-19-22(32)30-16-10-13(23(24,25)26)7-8-18(16)33-19/h3-8,10,12,17,19H,9,11H2,1-2H3,(H,27,31)(H,28,29)(H,30,32)/t17-,19-/m1/s1. The minimum atomic E-state index is -4.50. The number of alkyl halides is 3. The lowest BCUT2D eigenvalue weighted by Crippen LogP contribution is -2.37. The summed E-state index contributed by atoms with van der Waals surface area (Å²) in [6.07, 6.45) is -3.95. The third-order valence-corrected chi connectivity index (χ3v) is 6.55. The van der Waals surface area contributed by atoms with Crippen molar-refractivity contribution in [2.75, 3.05) is 5.32 Å². The first-order valence-electron chi connectivity index (χ1n) is 10.5. The van der Waals surface area contributed by atoms with Gasteiger partial charge < -0.3 is 15.6 Å². The third-order valence-electron chi connectivity index (χ3n) is 5.28. The number of halogens is 3. The molecule has 0 unspecified atom stereocenters. The van der Waals surface area contributed by atoms with Gasteiger partial charge in [-0.15, -0.1) is 11.8 Å². The predicted octanol–water partition coefficient (Wildman–Crippen LogP) is 5.29. The van der Waals surface area contributed by atoms with Crippen molar-refractivity contribution in [2.24, 2.45) is 5.92 Å². The molecule has 1 aromatic heterocycles. The fraction of sp³-hybridized carbons (Fsp3) is 0.348. The molecule has 1 aliphatic heterocycles. The van der Waals surface area contributed by atoms with Gasteiger partial charge in [-0.2, -0.15) is 13.2 Å². The Kier molecular flexibility index (Phi) is 6.38. The number of benzene rings is 2. The predicted molar refractivity (Wildman–Crippen MR) is 121 cm³/mol. The topological polar surface area (TPSA) is 86.9 Å². The van der Waals surface area contributed by atoms with E-state index in [1.54, 1.807) is 0 Å². The zero-order chi connectivity index (χ0) is 23.8. The molecule has 174 valence electrons. The highest BCUT2D eigenvalue weighted by Crippen LogP contribution is 2.40. The van der Waals surface area contributed by atoms with Crippen LogP contribution in [-0.2, 0) is 15.8 Å². The Morgan fingerprint density at radius 1 is 1.21 bits per heavy atom. The molecule has 3 N–H and O–H groups in total. The molecule has 2 heterocycles. The summed E-state index contributed by atoms with van der Waals surface area (Å²) >= 11 is 1.09. The fourth-order valence-electron chi connectivity index (χ4n) is 3.73. The average molecular weight is 477 g/mol. The summed E-state index contributed by atoms with van der Waals surface area (Å²) in [6, 6.07) is 10.4. The van der Waals surface area contributed by atoms with Gasteiger partial charge in [0.15, 0.2) is 0 Å². The number of nitrogens with one attached hydrogen (secondary N) is 3. The minimum absolute atomic E-state index is 0.105. The number of hydrogen-bond donors (Lipinski definition) is 3. The van der Waals surface area contributed by atoms with E-state index < -0.39 is 22.9 Å². The van der Waals surface area contributed by atoms with Crippen molar-refractivity contribution in [3.8, 4) is 0 Å². The zero-order valence-electron chi connectivity index (χ0n) is 18.0. The molecule has 2 aromatic carbocycles. The van der Waals surface area contributed by atoms with Crippen LogP contribution in [-0.4, -0.2) is 27.0 Å². The molecule has 0 fully saturated rings. The third kappa shape index (κ3) is 5.32. The highest BCUT2D eigenvalue weighted by Gasteiger charge is 2.34. The number of hydrogen-bond acceptors (Lipinski definition) is 4. The van der Waals surface area contributed by atoms with Crippen LogP contribution in [0.25, 0.3) is 11.0 Å². The highest BCUT2D eigenvalue weighted by molar-refractivity contribution is 8.01. The van der Waals surface area contributed by atoms with Gasteiger partial charge in [0.2, 0.25) is 11.8 Å². The van der Waals surface area contributed by atoms with Gasteiger partial charge in [0.1, 0.15) is 5.82 Å². The number of thioether (sulfide) groups is 1. The lowest BCUT2D eigenvalue weighted by atomic mass is 10.0. The molecule has 0 aliphatic carbocycles. The van der Waals surface area contributed by atoms with E-state index in [1.165, 1.54) is 6.07 Å². The molecule has 4 rings (SSSR count). The second-order valence-electron chi connectivity index (χ2n) is 8.40. The smallest absolute Gasteiger partial charge is 0.346 e. The van der Waals surface area contributed by atoms with Gasteiger partial charge in [-0.3, -0.25) is 9.59 Å². The second kappa shape index (κ2) is 9.09. The number of rotatable bonds is 6. The summed E-state index contributed by atoms with van der Waals surface area (Å²) in [6.45, 7) is 4.08. The van der Waals surface area contributed by atoms with Crippen molar-refractivity contribution in [2.45, 2.75) is 49.1 Å². The van der Waals surface area contributed by atoms with E-state index in [9.17, 15) is 22.8 Å². The molecule has 33 heavy (non-hydrogen) atoms. The number of carbonyl (C=O) groups is 2. The number of para-hydroxylation sites is 2. The molecule has 0 saturated heterocycles. The minimum Gasteiger partial charge on any atom is -0.346 e. The number of aromatic nitrogens is 2. The first kappa shape index (κ1) is 23.2. The molecule has 10 heteroatoms. The number of nitrogens with zero attached hydrogens (tertiary/aromatic N) is 1. The molecule has 0 saturated carbocycles. The highest BCUT2D eigenvalue weighted by atomic mass is 32.2. The van der Waals surface area contributed by atoms with Crippen LogP contribution < -0.4 is 10.6 Å². The summed E-state index contributed by atoms with van der Waals surface area (Å²) in [7, 11) is 0. The van der Waals surface area contributed by atoms with E-state index >= 15 is 0 Å². The number of fused-ring (bicyclic) bond motifs is 2. The van der Waals surface area contributed by atoms with Crippen LogP contribution in [0.5, 0.6) is 0 Å². The van der Waals surface area contributed by atoms with Crippen molar-refractivity contribution in [1.29, 1.82) is 0 Å². The Bertz CT molecular complexity index is 1160. The van der Waals surface area contributed by atoms with Crippen molar-refractivity contribution >= 4 is 40.3 Å². The summed E-state index contributed by atoms with van der Waals surface area (Å²) < 4.78 is 38.8. The van der Waals surface area contributed by atoms with Crippen LogP contribution in [0, 0.1) is 5.92 Å². The molecule has 2 amide bonds. The van der Waals surface area contributed by atoms with Crippen LogP contribution >= 0.6 is 11.8 Å². The average Bonchev–Trinajstić information content (AvgIpc) is 3.17. The molecule has 0 spiro atoms. The SMILES string of the molecule is CC(C)C[C@@H](NC(=O)C[C@H]1Sc2ccc(C(F)(F)F)cc2NC1=O)c1nc2ccccc2[nH]1. The van der Waals surface area contributed by atoms with E-state index in [1.807, 2.05) is 38.1 Å². The van der Waals surface area contributed by atoms with E-state index in [0.29, 0.717) is 17.1 Å². The molecule has 6 nitrogen and oxygen atoms in total. The van der Waals surface area contributed by atoms with Crippen LogP contribution in [0.3, 0.4) is 0 Å². The van der Waals surface area contributed by atoms with Crippen molar-refractivity contribution in [3.63, 3.8) is 0 Å². The summed E-state index contributed by atoms with van der Waals surface area (Å²) in [5, 5.41) is 4.73. The quantitative estimate of drug-likeness (QED) is 0.451. The van der Waals surface area contributed by atoms with Gasteiger partial charge in [-0.1, -0.05) is 26.0 Å². The van der Waals surface area contributed by atoms with Crippen LogP contribution in [0.4, 0.5) is 18.9 Å². The summed E-state index contributed by atoms with van der Waals surface area (Å²) in [4.78, 5) is 33.7. The molecule has 1 aliphatic rings. The normalized spacial score (nSPS) is 17.0. The van der Waals surface area contributed by atoms with Crippen LogP contribution in [0.2, 0.25) is 0 Å². The van der Waals surface area contributed by atoms with Crippen molar-refractivity contribution in [1.82, 2.24) is 15.3 Å². The Hall–Kier alpha value is -3.01. The van der Waals surface area contributed by atoms with Gasteiger partial charge >= 0.3 is 6.18 Å². The molecular formula is C23H23F3N4O2S. The number of aromatic amines is 1. The Morgan fingerprint density at radius 2 is 1.97 bits per heavy atom. The number of amides is 2. The van der Waals surface area contributed by atoms with Gasteiger partial charge in [0.25, 0.3) is 0 Å². The monoisotopic (exact) mass is 476 g/mol. The molecular weight excluding hydrogens is 453 g/mol. The van der Waals surface area contributed by atoms with E-state index in [-0.39, 0.29) is 30.0 Å². The largest absolute Gasteiger partial charge is 0.416 e. The fourth-order valence-corrected chi connectivity index (χ4v) is 4.82. The first-order chi connectivity index (χ1) is 15.6. The van der Waals surface area contributed by atoms with Crippen LogP contribution in [0.1, 0.15) is 44.1 Å². The number of anilines is 1. The Labute approximate surface area is 192 Å². The molecule has 0 radical (unpaired) electrons. The molecule has 2 atom stereocenters. The lowest BCUT2D eigenvalue weighted by molar-refractivity contribution is -0.137. The van der Waals surface area contributed by atoms with E-state index in [4.69, 9.17) is 0 Å². The molecule has 3 aromatic rings. The van der Waals surface area contributed by atoms with Gasteiger partial charge in [0, 0.05) is 11.3 Å². The Balaban J connectivity index is 1.47. The second-order valence-corrected chi connectivity index (χ2v) is 9.64. The number of carbonyl (C=O) groups excluding carboxylic acids is 2. The van der Waals surface area contributed by atoms with Crippen molar-refractivity contribution < 1.29 is 22.8 Å². The van der Waals surface area contributed by atoms with E-state index in [0.717, 1.165) is 34.9 Å². The van der Waals surface area contributed by atoms with E-state index in [2.05, 4.69) is 20.6 Å². The summed E-state index contributed by atoms with van der Waals surface area (Å²) in [5.74, 6) is 0.102. The lowest BCUT2D eigenvalue weighted by Gasteiger charge is -2.25. The van der Waals surface area contributed by atoms with Gasteiger partial charge in [0.05, 0.1) is 33.6 Å².